The zero-order valence-electron chi connectivity index (χ0n) is 15.7. The minimum Gasteiger partial charge on any atom is -0.357 e. The summed E-state index contributed by atoms with van der Waals surface area (Å²) in [4.78, 5) is 28.3. The van der Waals surface area contributed by atoms with Gasteiger partial charge in [-0.3, -0.25) is 14.7 Å². The molecule has 0 saturated carbocycles. The third-order valence-corrected chi connectivity index (χ3v) is 5.93. The zero-order valence-corrected chi connectivity index (χ0v) is 18.8. The van der Waals surface area contributed by atoms with Crippen LogP contribution in [0.3, 0.4) is 0 Å². The second kappa shape index (κ2) is 10.6. The molecule has 0 unspecified atom stereocenters. The van der Waals surface area contributed by atoms with Crippen molar-refractivity contribution in [3.05, 3.63) is 0 Å². The van der Waals surface area contributed by atoms with E-state index in [1.165, 1.54) is 0 Å². The number of nitrogens with zero attached hydrogens (tertiary/aromatic N) is 3. The molecule has 2 aliphatic rings. The Morgan fingerprint density at radius 1 is 1.28 bits per heavy atom. The summed E-state index contributed by atoms with van der Waals surface area (Å²) in [6.45, 7) is 2.06. The molecule has 2 saturated heterocycles. The van der Waals surface area contributed by atoms with E-state index in [0.29, 0.717) is 16.8 Å². The molecular formula is C14H24F3IN6O4S. The maximum Gasteiger partial charge on any atom is 0.511 e. The number of imide groups is 1. The smallest absolute Gasteiger partial charge is 0.357 e. The highest BCUT2D eigenvalue weighted by Gasteiger charge is 2.50. The van der Waals surface area contributed by atoms with Crippen molar-refractivity contribution in [3.8, 4) is 0 Å². The summed E-state index contributed by atoms with van der Waals surface area (Å²) in [7, 11) is -5.31. The maximum atomic E-state index is 12.6. The lowest BCUT2D eigenvalue weighted by Crippen LogP contribution is -2.51. The molecule has 168 valence electrons. The minimum absolute atomic E-state index is 0. The average Bonchev–Trinajstić information content (AvgIpc) is 2.93. The van der Waals surface area contributed by atoms with E-state index in [9.17, 15) is 31.2 Å². The van der Waals surface area contributed by atoms with Crippen molar-refractivity contribution < 1.29 is 31.2 Å². The molecule has 29 heavy (non-hydrogen) atoms. The van der Waals surface area contributed by atoms with Gasteiger partial charge in [0.2, 0.25) is 5.91 Å². The Morgan fingerprint density at radius 2 is 1.90 bits per heavy atom. The Labute approximate surface area is 183 Å². The van der Waals surface area contributed by atoms with E-state index in [-0.39, 0.29) is 81.5 Å². The number of carbonyl (C=O) groups is 2. The summed E-state index contributed by atoms with van der Waals surface area (Å²) >= 11 is 0. The first-order valence-electron chi connectivity index (χ1n) is 8.75. The molecular weight excluding hydrogens is 532 g/mol. The zero-order chi connectivity index (χ0) is 20.9. The lowest BCUT2D eigenvalue weighted by Gasteiger charge is -2.32. The number of hydrogen-bond donors (Lipinski definition) is 3. The van der Waals surface area contributed by atoms with Gasteiger partial charge < -0.3 is 16.0 Å². The van der Waals surface area contributed by atoms with Crippen molar-refractivity contribution in [3.63, 3.8) is 0 Å². The van der Waals surface area contributed by atoms with Gasteiger partial charge in [-0.1, -0.05) is 0 Å². The minimum atomic E-state index is -5.31. The summed E-state index contributed by atoms with van der Waals surface area (Å²) in [6.07, 6.45) is 0.374. The van der Waals surface area contributed by atoms with Gasteiger partial charge in [-0.25, -0.2) is 13.2 Å². The highest BCUT2D eigenvalue weighted by molar-refractivity contribution is 14.0. The average molecular weight is 556 g/mol. The number of sulfonamides is 1. The Morgan fingerprint density at radius 3 is 2.38 bits per heavy atom. The number of nitrogens with one attached hydrogen (secondary N) is 3. The number of urea groups is 1. The van der Waals surface area contributed by atoms with E-state index in [0.717, 1.165) is 4.90 Å². The van der Waals surface area contributed by atoms with E-state index in [4.69, 9.17) is 0 Å². The van der Waals surface area contributed by atoms with Crippen LogP contribution in [0.4, 0.5) is 18.0 Å². The third-order valence-electron chi connectivity index (χ3n) is 4.30. The molecule has 0 aromatic rings. The second-order valence-electron chi connectivity index (χ2n) is 6.23. The van der Waals surface area contributed by atoms with Crippen molar-refractivity contribution in [1.82, 2.24) is 25.2 Å². The van der Waals surface area contributed by atoms with Crippen LogP contribution in [-0.4, -0.2) is 86.3 Å². The quantitative estimate of drug-likeness (QED) is 0.184. The van der Waals surface area contributed by atoms with Crippen molar-refractivity contribution >= 4 is 51.9 Å². The van der Waals surface area contributed by atoms with E-state index in [2.05, 4.69) is 20.9 Å². The van der Waals surface area contributed by atoms with Gasteiger partial charge in [-0.05, 0) is 19.8 Å². The molecule has 0 radical (unpaired) electrons. The van der Waals surface area contributed by atoms with Gasteiger partial charge >= 0.3 is 21.6 Å². The van der Waals surface area contributed by atoms with Gasteiger partial charge in [0, 0.05) is 25.7 Å². The monoisotopic (exact) mass is 556 g/mol. The fourth-order valence-electron chi connectivity index (χ4n) is 2.84. The molecule has 0 aliphatic carbocycles. The summed E-state index contributed by atoms with van der Waals surface area (Å²) in [5.74, 6) is 0.0445. The predicted molar refractivity (Wildman–Crippen MR) is 109 cm³/mol. The Bertz CT molecular complexity index is 709. The van der Waals surface area contributed by atoms with Crippen LogP contribution in [0.5, 0.6) is 0 Å². The SMILES string of the molecule is CCNC(=NCCN1C(=O)CNC1=O)NC1CCN(S(=O)(=O)C(F)(F)F)CC1.I. The molecule has 15 heteroatoms. The normalized spacial score (nSPS) is 19.7. The van der Waals surface area contributed by atoms with Gasteiger partial charge in [0.1, 0.15) is 0 Å². The number of hydrogen-bond acceptors (Lipinski definition) is 5. The first-order valence-corrected chi connectivity index (χ1v) is 10.2. The number of alkyl halides is 3. The lowest BCUT2D eigenvalue weighted by molar-refractivity contribution is -0.124. The van der Waals surface area contributed by atoms with Crippen LogP contribution in [0.25, 0.3) is 0 Å². The van der Waals surface area contributed by atoms with Crippen LogP contribution in [0.15, 0.2) is 4.99 Å². The fraction of sp³-hybridized carbons (Fsp3) is 0.786. The molecule has 2 heterocycles. The van der Waals surface area contributed by atoms with Gasteiger partial charge in [0.05, 0.1) is 19.6 Å². The molecule has 2 fully saturated rings. The third kappa shape index (κ3) is 6.56. The highest BCUT2D eigenvalue weighted by atomic mass is 127. The van der Waals surface area contributed by atoms with E-state index < -0.39 is 21.6 Å². The molecule has 2 rings (SSSR count). The largest absolute Gasteiger partial charge is 0.511 e. The number of aliphatic imine (C=N–C) groups is 1. The summed E-state index contributed by atoms with van der Waals surface area (Å²) in [6, 6.07) is -0.731. The number of piperidine rings is 1. The van der Waals surface area contributed by atoms with Crippen molar-refractivity contribution in [2.24, 2.45) is 4.99 Å². The molecule has 2 aliphatic heterocycles. The van der Waals surface area contributed by atoms with Crippen molar-refractivity contribution in [2.75, 3.05) is 39.3 Å². The summed E-state index contributed by atoms with van der Waals surface area (Å²) in [5.41, 5.74) is -5.30. The maximum absolute atomic E-state index is 12.6. The Kier molecular flexibility index (Phi) is 9.39. The van der Waals surface area contributed by atoms with Gasteiger partial charge in [-0.2, -0.15) is 17.5 Å². The van der Waals surface area contributed by atoms with Gasteiger partial charge in [-0.15, -0.1) is 24.0 Å². The summed E-state index contributed by atoms with van der Waals surface area (Å²) in [5, 5.41) is 8.41. The van der Waals surface area contributed by atoms with Gasteiger partial charge in [0.25, 0.3) is 0 Å². The van der Waals surface area contributed by atoms with Crippen LogP contribution in [0, 0.1) is 0 Å². The molecule has 0 atom stereocenters. The first-order chi connectivity index (χ1) is 13.1. The molecule has 0 spiro atoms. The summed E-state index contributed by atoms with van der Waals surface area (Å²) < 4.78 is 61.2. The van der Waals surface area contributed by atoms with E-state index >= 15 is 0 Å². The number of carbonyl (C=O) groups excluding carboxylic acids is 2. The van der Waals surface area contributed by atoms with Crippen LogP contribution >= 0.6 is 24.0 Å². The topological polar surface area (TPSA) is 123 Å². The molecule has 10 nitrogen and oxygen atoms in total. The Balaban J connectivity index is 0.00000420. The molecule has 0 bridgehead atoms. The van der Waals surface area contributed by atoms with Crippen LogP contribution in [0.2, 0.25) is 0 Å². The standard InChI is InChI=1S/C14H23F3N6O4S.HI/c1-2-18-12(19-5-8-23-11(24)9-20-13(23)25)21-10-3-6-22(7-4-10)28(26,27)14(15,16)17;/h10H,2-9H2,1H3,(H,20,25)(H2,18,19,21);1H. The van der Waals surface area contributed by atoms with Gasteiger partial charge in [0.15, 0.2) is 5.96 Å². The fourth-order valence-corrected chi connectivity index (χ4v) is 3.83. The Hall–Kier alpha value is -1.36. The number of rotatable bonds is 6. The number of halogens is 4. The highest BCUT2D eigenvalue weighted by Crippen LogP contribution is 2.28. The van der Waals surface area contributed by atoms with E-state index in [1.807, 2.05) is 6.92 Å². The number of guanidine groups is 1. The molecule has 0 aromatic carbocycles. The van der Waals surface area contributed by atoms with E-state index in [1.54, 1.807) is 0 Å². The molecule has 3 amide bonds. The second-order valence-corrected chi connectivity index (χ2v) is 8.16. The van der Waals surface area contributed by atoms with Crippen molar-refractivity contribution in [2.45, 2.75) is 31.3 Å². The molecule has 0 aromatic heterocycles. The van der Waals surface area contributed by atoms with Crippen LogP contribution in [-0.2, 0) is 14.8 Å². The van der Waals surface area contributed by atoms with Crippen LogP contribution in [0.1, 0.15) is 19.8 Å². The lowest BCUT2D eigenvalue weighted by atomic mass is 10.1. The number of amides is 3. The van der Waals surface area contributed by atoms with Crippen LogP contribution < -0.4 is 16.0 Å². The first kappa shape index (κ1) is 25.7. The van der Waals surface area contributed by atoms with Crippen molar-refractivity contribution in [1.29, 1.82) is 0 Å². The predicted octanol–water partition coefficient (Wildman–Crippen LogP) is 0.0253. The molecule has 3 N–H and O–H groups in total.